The second-order valence-electron chi connectivity index (χ2n) is 9.34. The summed E-state index contributed by atoms with van der Waals surface area (Å²) in [6, 6.07) is 7.75. The number of ether oxygens (including phenoxy) is 2. The molecule has 0 spiro atoms. The average molecular weight is 469 g/mol. The van der Waals surface area contributed by atoms with E-state index in [9.17, 15) is 5.11 Å². The Hall–Kier alpha value is -0.733. The van der Waals surface area contributed by atoms with Gasteiger partial charge in [-0.1, -0.05) is 38.4 Å². The lowest BCUT2D eigenvalue weighted by molar-refractivity contribution is -0.0414. The van der Waals surface area contributed by atoms with Crippen LogP contribution in [-0.4, -0.2) is 33.2 Å². The second kappa shape index (κ2) is 9.41. The Morgan fingerprint density at radius 2 is 1.87 bits per heavy atom. The molecule has 0 unspecified atom stereocenters. The molecule has 0 aliphatic carbocycles. The summed E-state index contributed by atoms with van der Waals surface area (Å²) in [6.07, 6.45) is -0.342. The maximum absolute atomic E-state index is 11.3. The molecule has 0 amide bonds. The highest BCUT2D eigenvalue weighted by molar-refractivity contribution is 7.12. The fraction of sp³-hybridized carbons (Fsp3) is 0.565. The van der Waals surface area contributed by atoms with E-state index in [1.165, 1.54) is 0 Å². The molecule has 1 N–H and O–H groups in total. The van der Waals surface area contributed by atoms with Crippen molar-refractivity contribution in [2.75, 3.05) is 19.8 Å². The Balaban J connectivity index is 1.79. The Morgan fingerprint density at radius 1 is 1.20 bits per heavy atom. The fourth-order valence-corrected chi connectivity index (χ4v) is 5.56. The minimum Gasteiger partial charge on any atom is -0.416 e. The van der Waals surface area contributed by atoms with Gasteiger partial charge in [0.05, 0.1) is 18.1 Å². The van der Waals surface area contributed by atoms with Gasteiger partial charge in [-0.15, -0.1) is 11.3 Å². The van der Waals surface area contributed by atoms with E-state index in [-0.39, 0.29) is 11.3 Å². The lowest BCUT2D eigenvalue weighted by Gasteiger charge is -2.36. The van der Waals surface area contributed by atoms with Crippen LogP contribution in [0.25, 0.3) is 0 Å². The molecule has 1 fully saturated rings. The Kier molecular flexibility index (Phi) is 7.50. The van der Waals surface area contributed by atoms with E-state index in [0.717, 1.165) is 32.9 Å². The van der Waals surface area contributed by atoms with Gasteiger partial charge >= 0.3 is 0 Å². The smallest absolute Gasteiger partial charge is 0.193 e. The van der Waals surface area contributed by atoms with E-state index in [1.807, 2.05) is 31.2 Å². The standard InChI is InChI=1S/C23H33ClO4SSi/c1-15-18(14-20(29-15)22-26-11-12-27-22)21(25)19-13-17(24)8-7-16(19)9-10-28-30(5,6)23(2,3)4/h7-8,13-14,21-22,25H,9-12H2,1-6H3/t21-/m0/s1. The quantitative estimate of drug-likeness (QED) is 0.477. The van der Waals surface area contributed by atoms with Crippen LogP contribution in [-0.2, 0) is 20.3 Å². The highest BCUT2D eigenvalue weighted by Crippen LogP contribution is 2.39. The largest absolute Gasteiger partial charge is 0.416 e. The van der Waals surface area contributed by atoms with E-state index in [2.05, 4.69) is 33.9 Å². The average Bonchev–Trinajstić information content (AvgIpc) is 3.31. The number of aryl methyl sites for hydroxylation is 1. The lowest BCUT2D eigenvalue weighted by Crippen LogP contribution is -2.41. The van der Waals surface area contributed by atoms with E-state index in [0.29, 0.717) is 24.8 Å². The minimum atomic E-state index is -1.81. The first kappa shape index (κ1) is 23.9. The predicted octanol–water partition coefficient (Wildman–Crippen LogP) is 6.40. The third-order valence-corrected chi connectivity index (χ3v) is 12.0. The normalized spacial score (nSPS) is 16.9. The molecule has 1 aromatic heterocycles. The van der Waals surface area contributed by atoms with Crippen LogP contribution in [0.4, 0.5) is 0 Å². The van der Waals surface area contributed by atoms with Crippen molar-refractivity contribution in [2.24, 2.45) is 0 Å². The number of halogens is 1. The van der Waals surface area contributed by atoms with Crippen molar-refractivity contribution in [3.05, 3.63) is 55.7 Å². The predicted molar refractivity (Wildman–Crippen MR) is 126 cm³/mol. The Morgan fingerprint density at radius 3 is 2.50 bits per heavy atom. The molecule has 30 heavy (non-hydrogen) atoms. The molecule has 1 aromatic carbocycles. The SMILES string of the molecule is Cc1sc(C2OCCO2)cc1[C@H](O)c1cc(Cl)ccc1CCO[Si](C)(C)C(C)(C)C. The summed E-state index contributed by atoms with van der Waals surface area (Å²) in [5.74, 6) is 0. The third kappa shape index (κ3) is 5.36. The van der Waals surface area contributed by atoms with Crippen molar-refractivity contribution in [1.82, 2.24) is 0 Å². The van der Waals surface area contributed by atoms with Crippen molar-refractivity contribution < 1.29 is 19.0 Å². The van der Waals surface area contributed by atoms with Crippen molar-refractivity contribution in [2.45, 2.75) is 64.6 Å². The Bertz CT molecular complexity index is 869. The van der Waals surface area contributed by atoms with Crippen LogP contribution in [0.3, 0.4) is 0 Å². The maximum Gasteiger partial charge on any atom is 0.193 e. The summed E-state index contributed by atoms with van der Waals surface area (Å²) in [5, 5.41) is 12.0. The molecule has 1 saturated heterocycles. The molecule has 0 bridgehead atoms. The highest BCUT2D eigenvalue weighted by atomic mass is 35.5. The highest BCUT2D eigenvalue weighted by Gasteiger charge is 2.37. The van der Waals surface area contributed by atoms with Crippen LogP contribution in [0.2, 0.25) is 23.2 Å². The summed E-state index contributed by atoms with van der Waals surface area (Å²) in [4.78, 5) is 2.05. The van der Waals surface area contributed by atoms with Crippen molar-refractivity contribution >= 4 is 31.3 Å². The molecule has 7 heteroatoms. The summed E-state index contributed by atoms with van der Waals surface area (Å²) >= 11 is 7.90. The lowest BCUT2D eigenvalue weighted by atomic mass is 9.95. The number of hydrogen-bond acceptors (Lipinski definition) is 5. The van der Waals surface area contributed by atoms with Gasteiger partial charge in [0.2, 0.25) is 0 Å². The fourth-order valence-electron chi connectivity index (χ4n) is 3.28. The van der Waals surface area contributed by atoms with E-state index in [4.69, 9.17) is 25.5 Å². The monoisotopic (exact) mass is 468 g/mol. The molecule has 4 nitrogen and oxygen atoms in total. The molecule has 166 valence electrons. The Labute approximate surface area is 190 Å². The topological polar surface area (TPSA) is 47.9 Å². The zero-order valence-electron chi connectivity index (χ0n) is 18.8. The first-order chi connectivity index (χ1) is 14.0. The molecular formula is C23H33ClO4SSi. The van der Waals surface area contributed by atoms with Crippen molar-refractivity contribution in [3.8, 4) is 0 Å². The molecule has 1 atom stereocenters. The zero-order chi connectivity index (χ0) is 22.1. The molecule has 2 aromatic rings. The van der Waals surface area contributed by atoms with Crippen molar-refractivity contribution in [1.29, 1.82) is 0 Å². The van der Waals surface area contributed by atoms with Gasteiger partial charge in [0.15, 0.2) is 14.6 Å². The molecule has 3 rings (SSSR count). The number of aliphatic hydroxyl groups is 1. The van der Waals surface area contributed by atoms with Crippen LogP contribution in [0, 0.1) is 6.92 Å². The van der Waals surface area contributed by atoms with Crippen LogP contribution in [0.5, 0.6) is 0 Å². The van der Waals surface area contributed by atoms with Crippen LogP contribution in [0.15, 0.2) is 24.3 Å². The zero-order valence-corrected chi connectivity index (χ0v) is 21.3. The van der Waals surface area contributed by atoms with E-state index >= 15 is 0 Å². The van der Waals surface area contributed by atoms with Gasteiger partial charge in [-0.25, -0.2) is 0 Å². The number of rotatable bonds is 7. The molecule has 1 aliphatic heterocycles. The van der Waals surface area contributed by atoms with E-state index in [1.54, 1.807) is 11.3 Å². The second-order valence-corrected chi connectivity index (χ2v) is 15.9. The first-order valence-electron chi connectivity index (χ1n) is 10.4. The summed E-state index contributed by atoms with van der Waals surface area (Å²) in [6.45, 7) is 15.1. The third-order valence-electron chi connectivity index (χ3n) is 6.17. The van der Waals surface area contributed by atoms with Crippen LogP contribution >= 0.6 is 22.9 Å². The van der Waals surface area contributed by atoms with Gasteiger partial charge in [0, 0.05) is 16.5 Å². The van der Waals surface area contributed by atoms with Gasteiger partial charge in [-0.05, 0) is 66.4 Å². The van der Waals surface area contributed by atoms with Gasteiger partial charge in [-0.2, -0.15) is 0 Å². The summed E-state index contributed by atoms with van der Waals surface area (Å²) < 4.78 is 17.6. The first-order valence-corrected chi connectivity index (χ1v) is 14.5. The van der Waals surface area contributed by atoms with Gasteiger partial charge in [-0.3, -0.25) is 0 Å². The summed E-state index contributed by atoms with van der Waals surface area (Å²) in [5.41, 5.74) is 2.77. The van der Waals surface area contributed by atoms with Gasteiger partial charge in [0.1, 0.15) is 6.10 Å². The number of thiophene rings is 1. The minimum absolute atomic E-state index is 0.171. The maximum atomic E-state index is 11.3. The summed E-state index contributed by atoms with van der Waals surface area (Å²) in [7, 11) is -1.81. The van der Waals surface area contributed by atoms with Gasteiger partial charge in [0.25, 0.3) is 0 Å². The molecule has 0 saturated carbocycles. The molecular weight excluding hydrogens is 436 g/mol. The molecule has 0 radical (unpaired) electrons. The molecule has 2 heterocycles. The number of aliphatic hydroxyl groups excluding tert-OH is 1. The van der Waals surface area contributed by atoms with Gasteiger partial charge < -0.3 is 19.0 Å². The van der Waals surface area contributed by atoms with E-state index < -0.39 is 14.4 Å². The number of benzene rings is 1. The van der Waals surface area contributed by atoms with Crippen LogP contribution in [0.1, 0.15) is 59.6 Å². The van der Waals surface area contributed by atoms with Crippen molar-refractivity contribution in [3.63, 3.8) is 0 Å². The molecule has 1 aliphatic rings. The number of hydrogen-bond donors (Lipinski definition) is 1. The van der Waals surface area contributed by atoms with Crippen LogP contribution < -0.4 is 0 Å².